The van der Waals surface area contributed by atoms with E-state index in [4.69, 9.17) is 21.1 Å². The molecule has 0 saturated carbocycles. The minimum absolute atomic E-state index is 0.0633. The number of aliphatic imine (C=N–C) groups is 1. The third kappa shape index (κ3) is 3.10. The quantitative estimate of drug-likeness (QED) is 0.720. The summed E-state index contributed by atoms with van der Waals surface area (Å²) in [5.41, 5.74) is 1.60. The van der Waals surface area contributed by atoms with Crippen LogP contribution in [0.1, 0.15) is 16.2 Å². The van der Waals surface area contributed by atoms with Crippen molar-refractivity contribution < 1.29 is 14.3 Å². The van der Waals surface area contributed by atoms with E-state index in [1.807, 2.05) is 11.9 Å². The normalized spacial score (nSPS) is 10.9. The van der Waals surface area contributed by atoms with Crippen LogP contribution >= 0.6 is 11.6 Å². The molecule has 0 bridgehead atoms. The zero-order chi connectivity index (χ0) is 17.1. The van der Waals surface area contributed by atoms with Gasteiger partial charge in [0.25, 0.3) is 0 Å². The molecule has 0 aliphatic carbocycles. The number of carboxylic acid groups (broad SMARTS) is 1. The van der Waals surface area contributed by atoms with E-state index in [1.54, 1.807) is 24.3 Å². The van der Waals surface area contributed by atoms with Crippen molar-refractivity contribution in [2.45, 2.75) is 0 Å². The van der Waals surface area contributed by atoms with Crippen molar-refractivity contribution in [1.82, 2.24) is 4.98 Å². The molecule has 0 aliphatic heterocycles. The predicted molar refractivity (Wildman–Crippen MR) is 92.3 cm³/mol. The molecule has 0 aliphatic rings. The van der Waals surface area contributed by atoms with Crippen molar-refractivity contribution in [3.8, 4) is 0 Å². The lowest BCUT2D eigenvalue weighted by Gasteiger charge is -2.00. The van der Waals surface area contributed by atoms with Gasteiger partial charge in [0.1, 0.15) is 5.52 Å². The number of para-hydroxylation sites is 2. The Hall–Kier alpha value is -3.21. The Morgan fingerprint density at radius 1 is 1.33 bits per heavy atom. The summed E-state index contributed by atoms with van der Waals surface area (Å²) in [6.45, 7) is 0. The molecule has 1 heterocycles. The van der Waals surface area contributed by atoms with Crippen molar-refractivity contribution in [3.05, 3.63) is 64.4 Å². The van der Waals surface area contributed by atoms with Crippen LogP contribution in [0.2, 0.25) is 5.02 Å². The maximum atomic E-state index is 11.1. The van der Waals surface area contributed by atoms with Crippen LogP contribution < -0.4 is 0 Å². The van der Waals surface area contributed by atoms with E-state index in [0.717, 1.165) is 0 Å². The number of hydrogen-bond acceptors (Lipinski definition) is 4. The molecule has 7 heteroatoms. The summed E-state index contributed by atoms with van der Waals surface area (Å²) >= 11 is 5.81. The highest BCUT2D eigenvalue weighted by molar-refractivity contribution is 6.33. The highest BCUT2D eigenvalue weighted by Gasteiger charge is 2.10. The maximum Gasteiger partial charge on any atom is 0.337 e. The van der Waals surface area contributed by atoms with Crippen LogP contribution in [0.5, 0.6) is 0 Å². The molecular weight excluding hydrogens is 330 g/mol. The van der Waals surface area contributed by atoms with Crippen LogP contribution in [0.3, 0.4) is 0 Å². The second kappa shape index (κ2) is 6.50. The van der Waals surface area contributed by atoms with Crippen molar-refractivity contribution in [2.24, 2.45) is 4.99 Å². The fraction of sp³-hybridized carbons (Fsp3) is 0. The Morgan fingerprint density at radius 3 is 2.83 bits per heavy atom. The number of benzene rings is 2. The van der Waals surface area contributed by atoms with E-state index in [0.29, 0.717) is 16.8 Å². The number of fused-ring (bicyclic) bond motifs is 1. The van der Waals surface area contributed by atoms with E-state index in [2.05, 4.69) is 9.98 Å². The summed E-state index contributed by atoms with van der Waals surface area (Å²) in [4.78, 5) is 19.4. The number of carboxylic acids is 1. The van der Waals surface area contributed by atoms with E-state index in [9.17, 15) is 10.2 Å². The monoisotopic (exact) mass is 338 g/mol. The SMILES string of the molecule is [N-]=C=C(C=Nc1ccc(Cl)c(C(=O)O)c1)c1nc2ccccc2o1. The molecule has 0 radical (unpaired) electrons. The van der Waals surface area contributed by atoms with Gasteiger partial charge in [0.15, 0.2) is 5.58 Å². The van der Waals surface area contributed by atoms with Gasteiger partial charge in [-0.3, -0.25) is 10.9 Å². The topological polar surface area (TPSA) is 98.0 Å². The number of hydrogen-bond donors (Lipinski definition) is 1. The summed E-state index contributed by atoms with van der Waals surface area (Å²) in [5, 5.41) is 18.4. The number of aromatic nitrogens is 1. The Balaban J connectivity index is 1.93. The van der Waals surface area contributed by atoms with E-state index >= 15 is 0 Å². The second-order valence-corrected chi connectivity index (χ2v) is 5.15. The van der Waals surface area contributed by atoms with Crippen LogP contribution in [0.25, 0.3) is 22.1 Å². The van der Waals surface area contributed by atoms with Gasteiger partial charge in [0, 0.05) is 6.21 Å². The van der Waals surface area contributed by atoms with Gasteiger partial charge in [-0.2, -0.15) is 0 Å². The number of aromatic carboxylic acids is 1. The minimum Gasteiger partial charge on any atom is -0.763 e. The van der Waals surface area contributed by atoms with Crippen molar-refractivity contribution in [1.29, 1.82) is 0 Å². The average Bonchev–Trinajstić information content (AvgIpc) is 3.00. The molecule has 0 atom stereocenters. The van der Waals surface area contributed by atoms with Gasteiger partial charge in [-0.1, -0.05) is 23.7 Å². The van der Waals surface area contributed by atoms with Crippen LogP contribution in [0.4, 0.5) is 5.69 Å². The van der Waals surface area contributed by atoms with Gasteiger partial charge in [0.05, 0.1) is 21.8 Å². The van der Waals surface area contributed by atoms with Gasteiger partial charge in [-0.05, 0) is 30.3 Å². The largest absolute Gasteiger partial charge is 0.763 e. The lowest BCUT2D eigenvalue weighted by Crippen LogP contribution is -1.96. The standard InChI is InChI=1S/C17H9ClN3O3/c18-13-6-5-11(7-12(13)17(22)23)20-9-10(8-19)16-21-14-3-1-2-4-15(14)24-16/h1-7,9H,(H,22,23)/q-1. The van der Waals surface area contributed by atoms with E-state index in [-0.39, 0.29) is 22.0 Å². The fourth-order valence-corrected chi connectivity index (χ4v) is 2.21. The van der Waals surface area contributed by atoms with Gasteiger partial charge < -0.3 is 14.9 Å². The Bertz CT molecular complexity index is 984. The Kier molecular flexibility index (Phi) is 4.24. The lowest BCUT2D eigenvalue weighted by molar-refractivity contribution is 0.0697. The summed E-state index contributed by atoms with van der Waals surface area (Å²) in [6.07, 6.45) is 1.28. The lowest BCUT2D eigenvalue weighted by atomic mass is 10.2. The molecule has 1 N–H and O–H groups in total. The first-order valence-corrected chi connectivity index (χ1v) is 7.16. The van der Waals surface area contributed by atoms with E-state index < -0.39 is 5.97 Å². The van der Waals surface area contributed by atoms with Crippen molar-refractivity contribution in [2.75, 3.05) is 0 Å². The highest BCUT2D eigenvalue weighted by Crippen LogP contribution is 2.23. The highest BCUT2D eigenvalue weighted by atomic mass is 35.5. The molecule has 1 aromatic heterocycles. The van der Waals surface area contributed by atoms with E-state index in [1.165, 1.54) is 18.3 Å². The molecular formula is C17H9ClN3O3-. The molecule has 24 heavy (non-hydrogen) atoms. The van der Waals surface area contributed by atoms with Gasteiger partial charge >= 0.3 is 5.97 Å². The molecule has 118 valence electrons. The van der Waals surface area contributed by atoms with Gasteiger partial charge in [-0.25, -0.2) is 9.78 Å². The molecule has 0 amide bonds. The Labute approximate surface area is 141 Å². The number of halogens is 1. The van der Waals surface area contributed by atoms with Crippen LogP contribution in [0.15, 0.2) is 51.9 Å². The van der Waals surface area contributed by atoms with Crippen LogP contribution in [-0.2, 0) is 0 Å². The summed E-state index contributed by atoms with van der Waals surface area (Å²) in [7, 11) is 0. The minimum atomic E-state index is -1.15. The molecule has 0 unspecified atom stereocenters. The number of allylic oxidation sites excluding steroid dienone is 1. The third-order valence-corrected chi connectivity index (χ3v) is 3.50. The summed E-state index contributed by atoms with van der Waals surface area (Å²) < 4.78 is 5.51. The second-order valence-electron chi connectivity index (χ2n) is 4.74. The molecule has 3 rings (SSSR count). The number of oxazole rings is 1. The maximum absolute atomic E-state index is 11.1. The molecule has 3 aromatic rings. The van der Waals surface area contributed by atoms with Gasteiger partial charge in [0.2, 0.25) is 5.89 Å². The van der Waals surface area contributed by atoms with Crippen LogP contribution in [-0.4, -0.2) is 28.1 Å². The number of rotatable bonds is 4. The first-order valence-electron chi connectivity index (χ1n) is 6.78. The molecule has 2 aromatic carbocycles. The first-order chi connectivity index (χ1) is 11.6. The average molecular weight is 339 g/mol. The van der Waals surface area contributed by atoms with Crippen LogP contribution in [0, 0.1) is 0 Å². The first kappa shape index (κ1) is 15.7. The fourth-order valence-electron chi connectivity index (χ4n) is 2.02. The van der Waals surface area contributed by atoms with Crippen molar-refractivity contribution >= 4 is 52.0 Å². The number of nitrogens with zero attached hydrogens (tertiary/aromatic N) is 3. The van der Waals surface area contributed by atoms with Crippen molar-refractivity contribution in [3.63, 3.8) is 0 Å². The molecule has 0 fully saturated rings. The zero-order valence-corrected chi connectivity index (χ0v) is 12.9. The molecule has 6 nitrogen and oxygen atoms in total. The predicted octanol–water partition coefficient (Wildman–Crippen LogP) is 4.20. The molecule has 0 saturated heterocycles. The summed E-state index contributed by atoms with van der Waals surface area (Å²) in [6, 6.07) is 11.4. The zero-order valence-electron chi connectivity index (χ0n) is 12.1. The third-order valence-electron chi connectivity index (χ3n) is 3.17. The van der Waals surface area contributed by atoms with Gasteiger partial charge in [-0.15, -0.1) is 0 Å². The Morgan fingerprint density at radius 2 is 2.12 bits per heavy atom. The molecule has 0 spiro atoms. The summed E-state index contributed by atoms with van der Waals surface area (Å²) in [5.74, 6) is 0.963. The smallest absolute Gasteiger partial charge is 0.337 e. The number of carbonyl (C=O) groups is 1.